The smallest absolute Gasteiger partial charge is 0.253 e. The first kappa shape index (κ1) is 20.2. The number of carbonyl (C=O) groups excluding carboxylic acids is 1. The Morgan fingerprint density at radius 2 is 2.04 bits per heavy atom. The summed E-state index contributed by atoms with van der Waals surface area (Å²) >= 11 is 6.28. The zero-order valence-electron chi connectivity index (χ0n) is 16.7. The predicted molar refractivity (Wildman–Crippen MR) is 114 cm³/mol. The molecule has 0 saturated carbocycles. The molecular weight excluding hydrogens is 374 g/mol. The molecule has 0 fully saturated rings. The minimum Gasteiger partial charge on any atom is -0.348 e. The molecule has 148 valence electrons. The minimum atomic E-state index is -0.239. The van der Waals surface area contributed by atoms with E-state index in [2.05, 4.69) is 35.6 Å². The lowest BCUT2D eigenvalue weighted by Gasteiger charge is -2.13. The van der Waals surface area contributed by atoms with Gasteiger partial charge in [-0.15, -0.1) is 0 Å². The second kappa shape index (κ2) is 8.23. The molecule has 0 atom stereocenters. The highest BCUT2D eigenvalue weighted by atomic mass is 35.5. The van der Waals surface area contributed by atoms with Gasteiger partial charge in [-0.2, -0.15) is 0 Å². The van der Waals surface area contributed by atoms with E-state index in [1.165, 1.54) is 0 Å². The van der Waals surface area contributed by atoms with Gasteiger partial charge in [0.15, 0.2) is 0 Å². The third-order valence-corrected chi connectivity index (χ3v) is 5.13. The lowest BCUT2D eigenvalue weighted by Crippen LogP contribution is -2.28. The van der Waals surface area contributed by atoms with Crippen LogP contribution in [0.2, 0.25) is 5.02 Å². The fraction of sp³-hybridized carbons (Fsp3) is 0.364. The largest absolute Gasteiger partial charge is 0.348 e. The second-order valence-electron chi connectivity index (χ2n) is 7.42. The van der Waals surface area contributed by atoms with Crippen LogP contribution in [0.15, 0.2) is 35.3 Å². The molecule has 3 rings (SSSR count). The summed E-state index contributed by atoms with van der Waals surface area (Å²) in [5.74, 6) is -0.239. The van der Waals surface area contributed by atoms with Crippen molar-refractivity contribution in [2.45, 2.75) is 53.1 Å². The van der Waals surface area contributed by atoms with Gasteiger partial charge in [-0.3, -0.25) is 9.59 Å². The predicted octanol–water partition coefficient (Wildman–Crippen LogP) is 4.75. The summed E-state index contributed by atoms with van der Waals surface area (Å²) in [5.41, 5.74) is 3.71. The van der Waals surface area contributed by atoms with Gasteiger partial charge in [0.05, 0.1) is 11.1 Å². The fourth-order valence-electron chi connectivity index (χ4n) is 3.60. The van der Waals surface area contributed by atoms with Crippen molar-refractivity contribution in [2.75, 3.05) is 0 Å². The standard InChI is InChI=1S/C22H26ClN3O2/c1-5-6-15-9-14(4)25-22(28)19(15)12-24-21(27)18-10-16(23)11-20-17(18)7-8-26(20)13(2)3/h7-11,13H,5-6,12H2,1-4H3,(H,24,27)(H,25,28). The SMILES string of the molecule is CCCc1cc(C)[nH]c(=O)c1CNC(=O)c1cc(Cl)cc2c1ccn2C(C)C. The number of hydrogen-bond acceptors (Lipinski definition) is 2. The van der Waals surface area contributed by atoms with Crippen LogP contribution in [0.4, 0.5) is 0 Å². The number of amides is 1. The summed E-state index contributed by atoms with van der Waals surface area (Å²) in [6.45, 7) is 8.28. The van der Waals surface area contributed by atoms with Crippen molar-refractivity contribution in [2.24, 2.45) is 0 Å². The average Bonchev–Trinajstić information content (AvgIpc) is 3.04. The Balaban J connectivity index is 1.92. The van der Waals surface area contributed by atoms with E-state index >= 15 is 0 Å². The summed E-state index contributed by atoms with van der Waals surface area (Å²) in [6, 6.07) is 7.72. The Bertz CT molecular complexity index is 1080. The third-order valence-electron chi connectivity index (χ3n) is 4.91. The lowest BCUT2D eigenvalue weighted by molar-refractivity contribution is 0.0952. The maximum absolute atomic E-state index is 12.9. The van der Waals surface area contributed by atoms with Crippen molar-refractivity contribution in [3.05, 3.63) is 68.2 Å². The van der Waals surface area contributed by atoms with Crippen LogP contribution in [0.5, 0.6) is 0 Å². The van der Waals surface area contributed by atoms with Crippen molar-refractivity contribution >= 4 is 28.4 Å². The van der Waals surface area contributed by atoms with Crippen molar-refractivity contribution in [1.82, 2.24) is 14.9 Å². The molecule has 1 amide bonds. The quantitative estimate of drug-likeness (QED) is 0.627. The van der Waals surface area contributed by atoms with Crippen LogP contribution in [-0.2, 0) is 13.0 Å². The number of aromatic amines is 1. The first-order valence-electron chi connectivity index (χ1n) is 9.61. The van der Waals surface area contributed by atoms with E-state index in [-0.39, 0.29) is 24.1 Å². The highest BCUT2D eigenvalue weighted by Gasteiger charge is 2.16. The van der Waals surface area contributed by atoms with Gasteiger partial charge in [0.25, 0.3) is 11.5 Å². The van der Waals surface area contributed by atoms with Crippen LogP contribution >= 0.6 is 11.6 Å². The maximum atomic E-state index is 12.9. The molecule has 6 heteroatoms. The van der Waals surface area contributed by atoms with Gasteiger partial charge >= 0.3 is 0 Å². The number of carbonyl (C=O) groups is 1. The van der Waals surface area contributed by atoms with Crippen molar-refractivity contribution < 1.29 is 4.79 Å². The number of aryl methyl sites for hydroxylation is 2. The van der Waals surface area contributed by atoms with E-state index in [0.29, 0.717) is 16.1 Å². The molecule has 5 nitrogen and oxygen atoms in total. The third kappa shape index (κ3) is 3.99. The maximum Gasteiger partial charge on any atom is 0.253 e. The minimum absolute atomic E-state index is 0.147. The number of benzene rings is 1. The van der Waals surface area contributed by atoms with E-state index < -0.39 is 0 Å². The Labute approximate surface area is 169 Å². The highest BCUT2D eigenvalue weighted by molar-refractivity contribution is 6.32. The van der Waals surface area contributed by atoms with Gasteiger partial charge < -0.3 is 14.9 Å². The number of hydrogen-bond donors (Lipinski definition) is 2. The zero-order chi connectivity index (χ0) is 20.4. The zero-order valence-corrected chi connectivity index (χ0v) is 17.5. The Morgan fingerprint density at radius 3 is 2.71 bits per heavy atom. The van der Waals surface area contributed by atoms with E-state index in [1.54, 1.807) is 6.07 Å². The van der Waals surface area contributed by atoms with Crippen molar-refractivity contribution in [1.29, 1.82) is 0 Å². The van der Waals surface area contributed by atoms with Gasteiger partial charge in [-0.1, -0.05) is 24.9 Å². The van der Waals surface area contributed by atoms with Crippen LogP contribution in [0.3, 0.4) is 0 Å². The Hall–Kier alpha value is -2.53. The number of H-pyrrole nitrogens is 1. The Kier molecular flexibility index (Phi) is 5.94. The van der Waals surface area contributed by atoms with Crippen LogP contribution < -0.4 is 10.9 Å². The summed E-state index contributed by atoms with van der Waals surface area (Å²) in [7, 11) is 0. The summed E-state index contributed by atoms with van der Waals surface area (Å²) in [6.07, 6.45) is 3.70. The van der Waals surface area contributed by atoms with Gasteiger partial charge in [0, 0.05) is 40.4 Å². The normalized spacial score (nSPS) is 11.4. The highest BCUT2D eigenvalue weighted by Crippen LogP contribution is 2.27. The molecule has 28 heavy (non-hydrogen) atoms. The van der Waals surface area contributed by atoms with Gasteiger partial charge in [-0.05, 0) is 57.0 Å². The fourth-order valence-corrected chi connectivity index (χ4v) is 3.81. The lowest BCUT2D eigenvalue weighted by atomic mass is 10.0. The molecule has 2 heterocycles. The second-order valence-corrected chi connectivity index (χ2v) is 7.86. The van der Waals surface area contributed by atoms with Crippen LogP contribution in [-0.4, -0.2) is 15.5 Å². The van der Waals surface area contributed by atoms with Crippen molar-refractivity contribution in [3.8, 4) is 0 Å². The number of nitrogens with one attached hydrogen (secondary N) is 2. The number of fused-ring (bicyclic) bond motifs is 1. The van der Waals surface area contributed by atoms with E-state index in [0.717, 1.165) is 35.0 Å². The summed E-state index contributed by atoms with van der Waals surface area (Å²) in [4.78, 5) is 28.1. The molecule has 0 aliphatic heterocycles. The van der Waals surface area contributed by atoms with E-state index in [4.69, 9.17) is 11.6 Å². The molecule has 0 radical (unpaired) electrons. The number of pyridine rings is 1. The van der Waals surface area contributed by atoms with Gasteiger partial charge in [-0.25, -0.2) is 0 Å². The number of halogens is 1. The number of nitrogens with zero attached hydrogens (tertiary/aromatic N) is 1. The Morgan fingerprint density at radius 1 is 1.29 bits per heavy atom. The first-order chi connectivity index (χ1) is 13.3. The molecule has 0 spiro atoms. The van der Waals surface area contributed by atoms with E-state index in [1.807, 2.05) is 31.3 Å². The molecular formula is C22H26ClN3O2. The average molecular weight is 400 g/mol. The van der Waals surface area contributed by atoms with Crippen LogP contribution in [0, 0.1) is 6.92 Å². The molecule has 1 aromatic carbocycles. The topological polar surface area (TPSA) is 66.9 Å². The molecule has 0 bridgehead atoms. The van der Waals surface area contributed by atoms with Gasteiger partial charge in [0.1, 0.15) is 0 Å². The van der Waals surface area contributed by atoms with E-state index in [9.17, 15) is 9.59 Å². The summed E-state index contributed by atoms with van der Waals surface area (Å²) in [5, 5.41) is 4.27. The monoisotopic (exact) mass is 399 g/mol. The molecule has 2 N–H and O–H groups in total. The van der Waals surface area contributed by atoms with Crippen LogP contribution in [0.25, 0.3) is 10.9 Å². The van der Waals surface area contributed by atoms with Crippen molar-refractivity contribution in [3.63, 3.8) is 0 Å². The first-order valence-corrected chi connectivity index (χ1v) is 9.99. The molecule has 0 saturated heterocycles. The number of aromatic nitrogens is 2. The number of rotatable bonds is 6. The molecule has 3 aromatic rings. The summed E-state index contributed by atoms with van der Waals surface area (Å²) < 4.78 is 2.09. The molecule has 2 aromatic heterocycles. The molecule has 0 aliphatic rings. The van der Waals surface area contributed by atoms with Gasteiger partial charge in [0.2, 0.25) is 0 Å². The molecule has 0 aliphatic carbocycles. The molecule has 0 unspecified atom stereocenters. The van der Waals surface area contributed by atoms with Crippen LogP contribution in [0.1, 0.15) is 60.4 Å².